The number of aromatic amines is 1. The smallest absolute Gasteiger partial charge is 0.253 e. The average molecular weight is 449 g/mol. The Kier molecular flexibility index (Phi) is 6.06. The van der Waals surface area contributed by atoms with Crippen molar-refractivity contribution >= 4 is 40.0 Å². The molecule has 4 aromatic rings. The van der Waals surface area contributed by atoms with Crippen LogP contribution in [0.15, 0.2) is 71.2 Å². The van der Waals surface area contributed by atoms with Crippen molar-refractivity contribution in [1.29, 1.82) is 0 Å². The zero-order valence-corrected chi connectivity index (χ0v) is 18.8. The van der Waals surface area contributed by atoms with Gasteiger partial charge in [-0.15, -0.1) is 11.3 Å². The van der Waals surface area contributed by atoms with Crippen LogP contribution in [0, 0.1) is 0 Å². The van der Waals surface area contributed by atoms with Crippen molar-refractivity contribution in [2.75, 3.05) is 26.2 Å². The standard InChI is InChI=1S/C24H24N4OS2/c29-23(28-13-11-27(12-14-28)16-20-4-3-15-30-20)19-9-7-18(8-10-19)17-31-24-25-21-5-1-2-6-22(21)26-24/h1-10,15H,11-14,16-17H2,(H,25,26). The van der Waals surface area contributed by atoms with Crippen molar-refractivity contribution in [3.8, 4) is 0 Å². The highest BCUT2D eigenvalue weighted by molar-refractivity contribution is 7.98. The molecular weight excluding hydrogens is 424 g/mol. The Bertz CT molecular complexity index is 1110. The number of hydrogen-bond donors (Lipinski definition) is 1. The third kappa shape index (κ3) is 4.84. The van der Waals surface area contributed by atoms with E-state index in [1.807, 2.05) is 41.3 Å². The number of para-hydroxylation sites is 2. The Morgan fingerprint density at radius 3 is 2.55 bits per heavy atom. The fraction of sp³-hybridized carbons (Fsp3) is 0.250. The van der Waals surface area contributed by atoms with E-state index in [1.165, 1.54) is 10.4 Å². The van der Waals surface area contributed by atoms with Crippen LogP contribution in [0.2, 0.25) is 0 Å². The fourth-order valence-electron chi connectivity index (χ4n) is 3.81. The van der Waals surface area contributed by atoms with Crippen LogP contribution in [0.5, 0.6) is 0 Å². The molecule has 0 spiro atoms. The SMILES string of the molecule is O=C(c1ccc(CSc2nc3ccccc3[nH]2)cc1)N1CCN(Cc2cccs2)CC1. The molecule has 0 bridgehead atoms. The maximum atomic E-state index is 12.9. The van der Waals surface area contributed by atoms with Crippen LogP contribution in [0.4, 0.5) is 0 Å². The number of H-pyrrole nitrogens is 1. The number of carbonyl (C=O) groups excluding carboxylic acids is 1. The highest BCUT2D eigenvalue weighted by Crippen LogP contribution is 2.23. The van der Waals surface area contributed by atoms with Crippen molar-refractivity contribution < 1.29 is 4.79 Å². The Balaban J connectivity index is 1.14. The predicted octanol–water partition coefficient (Wildman–Crippen LogP) is 4.87. The molecule has 158 valence electrons. The van der Waals surface area contributed by atoms with E-state index < -0.39 is 0 Å². The number of benzene rings is 2. The number of fused-ring (bicyclic) bond motifs is 1. The van der Waals surface area contributed by atoms with Crippen LogP contribution in [0.3, 0.4) is 0 Å². The topological polar surface area (TPSA) is 52.2 Å². The quantitative estimate of drug-likeness (QED) is 0.428. The van der Waals surface area contributed by atoms with Crippen molar-refractivity contribution in [3.05, 3.63) is 82.0 Å². The van der Waals surface area contributed by atoms with E-state index in [9.17, 15) is 4.79 Å². The molecule has 1 N–H and O–H groups in total. The molecule has 1 amide bonds. The summed E-state index contributed by atoms with van der Waals surface area (Å²) in [5.41, 5.74) is 4.00. The molecule has 1 aliphatic rings. The number of imidazole rings is 1. The van der Waals surface area contributed by atoms with Gasteiger partial charge in [0.1, 0.15) is 0 Å². The second-order valence-electron chi connectivity index (χ2n) is 7.69. The average Bonchev–Trinajstić information content (AvgIpc) is 3.47. The van der Waals surface area contributed by atoms with Crippen molar-refractivity contribution in [1.82, 2.24) is 19.8 Å². The molecular formula is C24H24N4OS2. The lowest BCUT2D eigenvalue weighted by atomic mass is 10.1. The Morgan fingerprint density at radius 1 is 1.00 bits per heavy atom. The van der Waals surface area contributed by atoms with E-state index in [2.05, 4.69) is 44.5 Å². The van der Waals surface area contributed by atoms with Crippen molar-refractivity contribution in [3.63, 3.8) is 0 Å². The molecule has 0 saturated carbocycles. The van der Waals surface area contributed by atoms with E-state index in [1.54, 1.807) is 23.1 Å². The number of nitrogens with one attached hydrogen (secondary N) is 1. The zero-order chi connectivity index (χ0) is 21.0. The van der Waals surface area contributed by atoms with Gasteiger partial charge in [-0.05, 0) is 41.3 Å². The minimum Gasteiger partial charge on any atom is -0.336 e. The van der Waals surface area contributed by atoms with Gasteiger partial charge in [-0.2, -0.15) is 0 Å². The molecule has 1 fully saturated rings. The number of hydrogen-bond acceptors (Lipinski definition) is 5. The van der Waals surface area contributed by atoms with Crippen LogP contribution in [0.1, 0.15) is 20.8 Å². The van der Waals surface area contributed by atoms with Gasteiger partial charge in [0.05, 0.1) is 11.0 Å². The first-order chi connectivity index (χ1) is 15.2. The lowest BCUT2D eigenvalue weighted by Crippen LogP contribution is -2.48. The van der Waals surface area contributed by atoms with Crippen LogP contribution in [-0.2, 0) is 12.3 Å². The maximum absolute atomic E-state index is 12.9. The van der Waals surface area contributed by atoms with E-state index >= 15 is 0 Å². The lowest BCUT2D eigenvalue weighted by molar-refractivity contribution is 0.0629. The third-order valence-electron chi connectivity index (χ3n) is 5.56. The summed E-state index contributed by atoms with van der Waals surface area (Å²) in [4.78, 5) is 26.6. The normalized spacial score (nSPS) is 14.9. The number of aromatic nitrogens is 2. The summed E-state index contributed by atoms with van der Waals surface area (Å²) in [6, 6.07) is 20.3. The Labute approximate surface area is 190 Å². The molecule has 1 saturated heterocycles. The molecule has 31 heavy (non-hydrogen) atoms. The molecule has 5 nitrogen and oxygen atoms in total. The lowest BCUT2D eigenvalue weighted by Gasteiger charge is -2.34. The number of amides is 1. The van der Waals surface area contributed by atoms with Crippen LogP contribution >= 0.6 is 23.1 Å². The molecule has 0 aliphatic carbocycles. The highest BCUT2D eigenvalue weighted by atomic mass is 32.2. The first-order valence-electron chi connectivity index (χ1n) is 10.4. The summed E-state index contributed by atoms with van der Waals surface area (Å²) >= 11 is 3.47. The number of piperazine rings is 1. The number of thiophene rings is 1. The zero-order valence-electron chi connectivity index (χ0n) is 17.2. The van der Waals surface area contributed by atoms with Gasteiger partial charge in [-0.25, -0.2) is 4.98 Å². The molecule has 1 aliphatic heterocycles. The Hall–Kier alpha value is -2.61. The minimum absolute atomic E-state index is 0.132. The minimum atomic E-state index is 0.132. The molecule has 2 aromatic carbocycles. The number of carbonyl (C=O) groups is 1. The summed E-state index contributed by atoms with van der Waals surface area (Å²) in [7, 11) is 0. The summed E-state index contributed by atoms with van der Waals surface area (Å²) < 4.78 is 0. The van der Waals surface area contributed by atoms with Crippen LogP contribution in [-0.4, -0.2) is 51.9 Å². The number of rotatable bonds is 6. The summed E-state index contributed by atoms with van der Waals surface area (Å²) in [6.07, 6.45) is 0. The van der Waals surface area contributed by atoms with E-state index in [0.29, 0.717) is 0 Å². The predicted molar refractivity (Wildman–Crippen MR) is 128 cm³/mol. The summed E-state index contributed by atoms with van der Waals surface area (Å²) in [5, 5.41) is 3.04. The van der Waals surface area contributed by atoms with E-state index in [4.69, 9.17) is 0 Å². The van der Waals surface area contributed by atoms with Gasteiger partial charge in [0.2, 0.25) is 0 Å². The van der Waals surface area contributed by atoms with Gasteiger partial charge in [0.25, 0.3) is 5.91 Å². The molecule has 2 aromatic heterocycles. The molecule has 5 rings (SSSR count). The van der Waals surface area contributed by atoms with Crippen LogP contribution in [0.25, 0.3) is 11.0 Å². The van der Waals surface area contributed by atoms with Gasteiger partial charge in [-0.3, -0.25) is 9.69 Å². The molecule has 0 radical (unpaired) electrons. The second kappa shape index (κ2) is 9.26. The fourth-order valence-corrected chi connectivity index (χ4v) is 5.39. The van der Waals surface area contributed by atoms with Gasteiger partial charge in [-0.1, -0.05) is 42.1 Å². The first kappa shape index (κ1) is 20.3. The molecule has 0 unspecified atom stereocenters. The van der Waals surface area contributed by atoms with Gasteiger partial charge < -0.3 is 9.88 Å². The van der Waals surface area contributed by atoms with Crippen molar-refractivity contribution in [2.24, 2.45) is 0 Å². The van der Waals surface area contributed by atoms with Gasteiger partial charge in [0.15, 0.2) is 5.16 Å². The van der Waals surface area contributed by atoms with Crippen molar-refractivity contribution in [2.45, 2.75) is 17.5 Å². The van der Waals surface area contributed by atoms with E-state index in [0.717, 1.165) is 60.2 Å². The number of nitrogens with zero attached hydrogens (tertiary/aromatic N) is 3. The van der Waals surface area contributed by atoms with Crippen LogP contribution < -0.4 is 0 Å². The molecule has 3 heterocycles. The maximum Gasteiger partial charge on any atom is 0.253 e. The first-order valence-corrected chi connectivity index (χ1v) is 12.3. The highest BCUT2D eigenvalue weighted by Gasteiger charge is 2.22. The molecule has 7 heteroatoms. The Morgan fingerprint density at radius 2 is 1.81 bits per heavy atom. The third-order valence-corrected chi connectivity index (χ3v) is 7.37. The van der Waals surface area contributed by atoms with E-state index in [-0.39, 0.29) is 5.91 Å². The molecule has 0 atom stereocenters. The van der Waals surface area contributed by atoms with Gasteiger partial charge in [0, 0.05) is 48.9 Å². The monoisotopic (exact) mass is 448 g/mol. The summed E-state index contributed by atoms with van der Waals surface area (Å²) in [5.74, 6) is 0.947. The van der Waals surface area contributed by atoms with Gasteiger partial charge >= 0.3 is 0 Å². The second-order valence-corrected chi connectivity index (χ2v) is 9.69. The number of thioether (sulfide) groups is 1. The largest absolute Gasteiger partial charge is 0.336 e. The summed E-state index contributed by atoms with van der Waals surface area (Å²) in [6.45, 7) is 4.41.